The molecule has 0 saturated carbocycles. The molecule has 5 atom stereocenters. The van der Waals surface area contributed by atoms with Crippen LogP contribution in [0.5, 0.6) is 5.75 Å². The van der Waals surface area contributed by atoms with Crippen LogP contribution in [-0.2, 0) is 73.4 Å². The number of nitrogens with two attached hydrogens (primary N) is 1. The Hall–Kier alpha value is -7.22. The molecule has 7 heterocycles. The number of hydrogen-bond acceptors (Lipinski definition) is 16. The fourth-order valence-corrected chi connectivity index (χ4v) is 14.6. The first-order valence-electron chi connectivity index (χ1n) is 26.5. The predicted octanol–water partition coefficient (Wildman–Crippen LogP) is 5.75. The van der Waals surface area contributed by atoms with Gasteiger partial charge in [-0.25, -0.2) is 27.6 Å². The van der Waals surface area contributed by atoms with Crippen molar-refractivity contribution < 1.29 is 61.3 Å². The van der Waals surface area contributed by atoms with Crippen molar-refractivity contribution >= 4 is 68.2 Å². The standard InChI is InChI=1S/C55H56F3N9O11S2/c1-3-55(75)38-20-43-34-16-29-17-39(56)28(2)33-9-10-42(50(49(29)33)35(34)23-66(43)51(71)36(38)24-76-52(55)72)60-53(73)77-25-37-40(57)18-32(19-41(37)58)78-54(74)65-15-14-64(44-26-79-80-27-45(44)65)46(68)8-4-7-31-22-63(62-61-31)13-5-6-30(59)21-67-47(69)11-12-48(67)70/h11-12,16-20,22,30,42,44-45,75H,3-10,13-15,21,23-27,59H2,1-2H3,(H,60,73)/t30?,42-,44-,45?,55-/m0/s1. The summed E-state index contributed by atoms with van der Waals surface area (Å²) >= 11 is 0. The Labute approximate surface area is 463 Å². The van der Waals surface area contributed by atoms with Gasteiger partial charge in [0.05, 0.1) is 47.2 Å². The third-order valence-electron chi connectivity index (χ3n) is 16.2. The maximum atomic E-state index is 15.7. The number of carbonyl (C=O) groups excluding carboxylic acids is 6. The summed E-state index contributed by atoms with van der Waals surface area (Å²) in [5.74, 6) is -3.77. The quantitative estimate of drug-likeness (QED) is 0.0629. The van der Waals surface area contributed by atoms with Crippen molar-refractivity contribution in [3.05, 3.63) is 121 Å². The highest BCUT2D eigenvalue weighted by molar-refractivity contribution is 8.76. The topological polar surface area (TPSA) is 251 Å². The molecule has 6 aliphatic rings. The van der Waals surface area contributed by atoms with E-state index in [2.05, 4.69) is 15.6 Å². The van der Waals surface area contributed by atoms with E-state index in [1.165, 1.54) is 27.7 Å². The second-order valence-corrected chi connectivity index (χ2v) is 23.4. The van der Waals surface area contributed by atoms with Gasteiger partial charge in [-0.1, -0.05) is 33.7 Å². The lowest BCUT2D eigenvalue weighted by Gasteiger charge is -2.48. The van der Waals surface area contributed by atoms with Crippen LogP contribution in [0.15, 0.2) is 53.5 Å². The van der Waals surface area contributed by atoms with E-state index in [4.69, 9.17) is 19.9 Å². The molecule has 2 fully saturated rings. The highest BCUT2D eigenvalue weighted by atomic mass is 33.1. The normalized spacial score (nSPS) is 21.3. The van der Waals surface area contributed by atoms with E-state index in [-0.39, 0.29) is 93.0 Å². The summed E-state index contributed by atoms with van der Waals surface area (Å²) in [4.78, 5) is 95.9. The second-order valence-electron chi connectivity index (χ2n) is 20.9. The summed E-state index contributed by atoms with van der Waals surface area (Å²) in [6.07, 6.45) is 5.47. The van der Waals surface area contributed by atoms with Gasteiger partial charge in [0.15, 0.2) is 5.60 Å². The molecule has 2 aromatic heterocycles. The molecule has 20 nitrogen and oxygen atoms in total. The van der Waals surface area contributed by atoms with Gasteiger partial charge in [0.25, 0.3) is 17.4 Å². The smallest absolute Gasteiger partial charge is 0.415 e. The minimum Gasteiger partial charge on any atom is -0.458 e. The van der Waals surface area contributed by atoms with Crippen LogP contribution >= 0.6 is 21.6 Å². The lowest BCUT2D eigenvalue weighted by atomic mass is 9.79. The number of ether oxygens (including phenoxy) is 3. The highest BCUT2D eigenvalue weighted by Gasteiger charge is 2.47. The van der Waals surface area contributed by atoms with Gasteiger partial charge in [-0.3, -0.25) is 28.8 Å². The summed E-state index contributed by atoms with van der Waals surface area (Å²) in [6.45, 7) is 3.19. The van der Waals surface area contributed by atoms with Gasteiger partial charge in [-0.2, -0.15) is 0 Å². The van der Waals surface area contributed by atoms with Gasteiger partial charge in [0.1, 0.15) is 36.4 Å². The van der Waals surface area contributed by atoms with Crippen molar-refractivity contribution in [2.45, 2.75) is 121 Å². The molecule has 1 aliphatic carbocycles. The Bertz CT molecular complexity index is 3480. The zero-order chi connectivity index (χ0) is 56.3. The van der Waals surface area contributed by atoms with E-state index >= 15 is 13.2 Å². The third-order valence-corrected chi connectivity index (χ3v) is 18.6. The lowest BCUT2D eigenvalue weighted by molar-refractivity contribution is -0.172. The number of benzene rings is 3. The number of aryl methyl sites for hydroxylation is 3. The molecule has 420 valence electrons. The summed E-state index contributed by atoms with van der Waals surface area (Å²) in [5, 5.41) is 23.9. The Balaban J connectivity index is 0.698. The number of carbonyl (C=O) groups is 6. The summed E-state index contributed by atoms with van der Waals surface area (Å²) in [6, 6.07) is 4.52. The number of nitrogens with zero attached hydrogens (tertiary/aromatic N) is 7. The van der Waals surface area contributed by atoms with Crippen LogP contribution < -0.4 is 21.3 Å². The molecule has 0 bridgehead atoms. The maximum Gasteiger partial charge on any atom is 0.415 e. The third kappa shape index (κ3) is 10.1. The number of imide groups is 1. The zero-order valence-electron chi connectivity index (χ0n) is 43.6. The molecule has 80 heavy (non-hydrogen) atoms. The summed E-state index contributed by atoms with van der Waals surface area (Å²) < 4.78 is 66.4. The highest BCUT2D eigenvalue weighted by Crippen LogP contribution is 2.48. The van der Waals surface area contributed by atoms with Gasteiger partial charge in [-0.05, 0) is 103 Å². The van der Waals surface area contributed by atoms with Crippen LogP contribution in [-0.4, -0.2) is 125 Å². The van der Waals surface area contributed by atoms with Crippen LogP contribution in [0, 0.1) is 24.4 Å². The Morgan fingerprint density at radius 2 is 1.68 bits per heavy atom. The average molecular weight is 1140 g/mol. The molecule has 2 unspecified atom stereocenters. The SMILES string of the molecule is CC[C@@]1(O)C(=O)OCc2c1cc1n(c2=O)Cc2c-1cc1cc(F)c(C)c3c1c2[C@@H](NC(=O)OCc1c(F)cc(OC(=O)N2CCN(C(=O)CCCc4cn(CCCC(N)CN5C(=O)C=CC5=O)nn4)[C@H]4CSSCC42)cc1F)CC3. The van der Waals surface area contributed by atoms with E-state index in [1.807, 2.05) is 6.20 Å². The minimum absolute atomic E-state index is 0.0503. The molecule has 2 saturated heterocycles. The molecule has 5 aromatic rings. The van der Waals surface area contributed by atoms with Crippen molar-refractivity contribution in [1.29, 1.82) is 0 Å². The number of hydrogen-bond donors (Lipinski definition) is 3. The lowest BCUT2D eigenvalue weighted by Crippen LogP contribution is -2.65. The average Bonchev–Trinajstić information content (AvgIpc) is 4.26. The molecule has 5 aliphatic heterocycles. The maximum absolute atomic E-state index is 15.7. The van der Waals surface area contributed by atoms with Crippen molar-refractivity contribution in [2.75, 3.05) is 31.1 Å². The van der Waals surface area contributed by atoms with Gasteiger partial charge in [0, 0.05) is 91.8 Å². The number of fused-ring (bicyclic) bond motifs is 6. The molecule has 0 spiro atoms. The number of amides is 5. The first-order valence-corrected chi connectivity index (χ1v) is 29.0. The molecular weight excluding hydrogens is 1080 g/mol. The van der Waals surface area contributed by atoms with Gasteiger partial charge in [0.2, 0.25) is 5.91 Å². The molecule has 5 amide bonds. The first-order chi connectivity index (χ1) is 38.4. The number of aromatic nitrogens is 4. The van der Waals surface area contributed by atoms with Gasteiger partial charge >= 0.3 is 18.2 Å². The van der Waals surface area contributed by atoms with Crippen LogP contribution in [0.3, 0.4) is 0 Å². The first kappa shape index (κ1) is 54.7. The molecule has 11 rings (SSSR count). The van der Waals surface area contributed by atoms with Gasteiger partial charge in [-0.15, -0.1) is 5.10 Å². The van der Waals surface area contributed by atoms with Crippen molar-refractivity contribution in [1.82, 2.24) is 39.6 Å². The number of nitrogens with one attached hydrogen (secondary N) is 1. The largest absolute Gasteiger partial charge is 0.458 e. The summed E-state index contributed by atoms with van der Waals surface area (Å²) in [5.41, 5.74) is 7.41. The number of pyridine rings is 1. The van der Waals surface area contributed by atoms with Crippen molar-refractivity contribution in [3.63, 3.8) is 0 Å². The number of piperazine rings is 1. The Morgan fingerprint density at radius 1 is 0.950 bits per heavy atom. The number of rotatable bonds is 15. The predicted molar refractivity (Wildman–Crippen MR) is 285 cm³/mol. The number of halogens is 3. The summed E-state index contributed by atoms with van der Waals surface area (Å²) in [7, 11) is 3.13. The van der Waals surface area contributed by atoms with Gasteiger partial charge < -0.3 is 44.7 Å². The number of esters is 1. The van der Waals surface area contributed by atoms with Crippen LogP contribution in [0.25, 0.3) is 22.0 Å². The minimum atomic E-state index is -2.05. The Kier molecular flexibility index (Phi) is 15.1. The molecule has 4 N–H and O–H groups in total. The van der Waals surface area contributed by atoms with Crippen molar-refractivity contribution in [3.8, 4) is 17.0 Å². The van der Waals surface area contributed by atoms with Crippen LogP contribution in [0.1, 0.15) is 96.1 Å². The molecule has 0 radical (unpaired) electrons. The van der Waals surface area contributed by atoms with Crippen LogP contribution in [0.2, 0.25) is 0 Å². The van der Waals surface area contributed by atoms with E-state index in [9.17, 15) is 38.7 Å². The van der Waals surface area contributed by atoms with E-state index in [0.29, 0.717) is 94.6 Å². The monoisotopic (exact) mass is 1140 g/mol. The van der Waals surface area contributed by atoms with Crippen molar-refractivity contribution in [2.24, 2.45) is 5.73 Å². The fraction of sp³-hybridized carbons (Fsp3) is 0.436. The molecular formula is C55H56F3N9O11S2. The van der Waals surface area contributed by atoms with E-state index < -0.39 is 76.8 Å². The number of alkyl carbamates (subject to hydrolysis) is 1. The van der Waals surface area contributed by atoms with Crippen LogP contribution in [0.4, 0.5) is 22.8 Å². The Morgan fingerprint density at radius 3 is 2.41 bits per heavy atom. The number of cyclic esters (lactones) is 1. The number of aliphatic hydroxyl groups is 1. The van der Waals surface area contributed by atoms with E-state index in [0.717, 1.165) is 22.6 Å². The second kappa shape index (κ2) is 22.0. The van der Waals surface area contributed by atoms with E-state index in [1.54, 1.807) is 57.1 Å². The fourth-order valence-electron chi connectivity index (χ4n) is 11.9. The molecule has 25 heteroatoms. The molecule has 3 aromatic carbocycles. The zero-order valence-corrected chi connectivity index (χ0v) is 45.3.